The second-order valence-corrected chi connectivity index (χ2v) is 7.33. The Morgan fingerprint density at radius 1 is 1.30 bits per heavy atom. The molecule has 1 aromatic rings. The lowest BCUT2D eigenvalue weighted by Gasteiger charge is -2.34. The summed E-state index contributed by atoms with van der Waals surface area (Å²) in [5.41, 5.74) is 0. The fourth-order valence-electron chi connectivity index (χ4n) is 3.11. The predicted octanol–water partition coefficient (Wildman–Crippen LogP) is 3.04. The summed E-state index contributed by atoms with van der Waals surface area (Å²) in [5.74, 6) is 1.22. The molecular weight excluding hydrogens is 310 g/mol. The molecule has 6 nitrogen and oxygen atoms in total. The summed E-state index contributed by atoms with van der Waals surface area (Å²) in [7, 11) is 1.84. The Hall–Kier alpha value is -1.11. The van der Waals surface area contributed by atoms with E-state index in [4.69, 9.17) is 0 Å². The van der Waals surface area contributed by atoms with E-state index < -0.39 is 0 Å². The highest BCUT2D eigenvalue weighted by atomic mass is 32.2. The molecule has 2 rings (SSSR count). The van der Waals surface area contributed by atoms with E-state index in [0.717, 1.165) is 36.7 Å². The minimum atomic E-state index is 0.335. The molecule has 1 saturated carbocycles. The van der Waals surface area contributed by atoms with Gasteiger partial charge in [0.2, 0.25) is 11.1 Å². The predicted molar refractivity (Wildman–Crippen MR) is 92.3 cm³/mol. The molecule has 1 aliphatic rings. The van der Waals surface area contributed by atoms with Gasteiger partial charge in [-0.3, -0.25) is 4.79 Å². The number of carbonyl (C=O) groups excluding carboxylic acids is 1. The summed E-state index contributed by atoms with van der Waals surface area (Å²) in [6.45, 7) is 3.12. The highest BCUT2D eigenvalue weighted by molar-refractivity contribution is 7.99. The summed E-state index contributed by atoms with van der Waals surface area (Å²) in [6, 6.07) is 0.485. The lowest BCUT2D eigenvalue weighted by atomic mass is 9.93. The van der Waals surface area contributed by atoms with Crippen LogP contribution in [0.5, 0.6) is 0 Å². The fraction of sp³-hybridized carbons (Fsp3) is 0.875. The zero-order valence-electron chi connectivity index (χ0n) is 14.4. The van der Waals surface area contributed by atoms with Crippen molar-refractivity contribution in [2.75, 3.05) is 12.3 Å². The quantitative estimate of drug-likeness (QED) is 0.511. The summed E-state index contributed by atoms with van der Waals surface area (Å²) in [6.07, 6.45) is 10.0. The smallest absolute Gasteiger partial charge is 0.222 e. The van der Waals surface area contributed by atoms with E-state index in [0.29, 0.717) is 18.4 Å². The van der Waals surface area contributed by atoms with Crippen molar-refractivity contribution in [2.45, 2.75) is 75.9 Å². The van der Waals surface area contributed by atoms with Crippen LogP contribution in [-0.4, -0.2) is 49.4 Å². The van der Waals surface area contributed by atoms with Gasteiger partial charge in [0, 0.05) is 31.8 Å². The van der Waals surface area contributed by atoms with Gasteiger partial charge in [0.25, 0.3) is 0 Å². The molecule has 1 amide bonds. The van der Waals surface area contributed by atoms with Gasteiger partial charge in [-0.2, -0.15) is 0 Å². The monoisotopic (exact) mass is 339 g/mol. The average Bonchev–Trinajstić information content (AvgIpc) is 2.98. The van der Waals surface area contributed by atoms with Crippen molar-refractivity contribution in [3.63, 3.8) is 0 Å². The van der Waals surface area contributed by atoms with Crippen LogP contribution >= 0.6 is 11.8 Å². The molecule has 0 N–H and O–H groups in total. The van der Waals surface area contributed by atoms with Crippen molar-refractivity contribution in [2.24, 2.45) is 7.05 Å². The first-order chi connectivity index (χ1) is 11.2. The number of amides is 1. The number of hydrogen-bond acceptors (Lipinski definition) is 5. The second kappa shape index (κ2) is 9.90. The largest absolute Gasteiger partial charge is 0.340 e. The molecule has 1 aromatic heterocycles. The fourth-order valence-corrected chi connectivity index (χ4v) is 3.89. The Labute approximate surface area is 143 Å². The second-order valence-electron chi connectivity index (χ2n) is 6.27. The van der Waals surface area contributed by atoms with Crippen LogP contribution < -0.4 is 0 Å². The Morgan fingerprint density at radius 3 is 2.74 bits per heavy atom. The third-order valence-electron chi connectivity index (χ3n) is 4.44. The topological polar surface area (TPSA) is 63.9 Å². The maximum absolute atomic E-state index is 12.6. The molecule has 130 valence electrons. The molecule has 0 spiro atoms. The summed E-state index contributed by atoms with van der Waals surface area (Å²) in [4.78, 5) is 14.8. The number of aryl methyl sites for hydroxylation is 1. The van der Waals surface area contributed by atoms with Crippen LogP contribution in [0.4, 0.5) is 0 Å². The van der Waals surface area contributed by atoms with Crippen LogP contribution in [-0.2, 0) is 11.8 Å². The molecule has 0 atom stereocenters. The standard InChI is InChI=1S/C16H29N5OS/c1-3-4-12-21(14-9-6-5-7-10-14)15(22)11-8-13-23-16-17-18-19-20(16)2/h14H,3-13H2,1-2H3. The van der Waals surface area contributed by atoms with Gasteiger partial charge < -0.3 is 4.90 Å². The molecule has 1 fully saturated rings. The number of tetrazole rings is 1. The maximum Gasteiger partial charge on any atom is 0.222 e. The molecular formula is C16H29N5OS. The van der Waals surface area contributed by atoms with Crippen LogP contribution in [0.15, 0.2) is 5.16 Å². The van der Waals surface area contributed by atoms with Crippen LogP contribution in [0.3, 0.4) is 0 Å². The normalized spacial score (nSPS) is 15.7. The van der Waals surface area contributed by atoms with E-state index in [1.165, 1.54) is 32.1 Å². The summed E-state index contributed by atoms with van der Waals surface area (Å²) < 4.78 is 1.67. The molecule has 1 aliphatic carbocycles. The summed E-state index contributed by atoms with van der Waals surface area (Å²) in [5, 5.41) is 12.2. The lowest BCUT2D eigenvalue weighted by molar-refractivity contribution is -0.134. The van der Waals surface area contributed by atoms with Crippen molar-refractivity contribution < 1.29 is 4.79 Å². The van der Waals surface area contributed by atoms with E-state index in [9.17, 15) is 4.79 Å². The molecule has 7 heteroatoms. The van der Waals surface area contributed by atoms with Gasteiger partial charge in [-0.1, -0.05) is 44.4 Å². The molecule has 0 unspecified atom stereocenters. The Morgan fingerprint density at radius 2 is 2.09 bits per heavy atom. The lowest BCUT2D eigenvalue weighted by Crippen LogP contribution is -2.42. The molecule has 0 saturated heterocycles. The minimum absolute atomic E-state index is 0.335. The number of thioether (sulfide) groups is 1. The van der Waals surface area contributed by atoms with E-state index in [1.807, 2.05) is 7.05 Å². The van der Waals surface area contributed by atoms with Gasteiger partial charge >= 0.3 is 0 Å². The van der Waals surface area contributed by atoms with Crippen LogP contribution in [0.2, 0.25) is 0 Å². The zero-order valence-corrected chi connectivity index (χ0v) is 15.2. The van der Waals surface area contributed by atoms with Gasteiger partial charge in [-0.25, -0.2) is 4.68 Å². The van der Waals surface area contributed by atoms with Crippen molar-refractivity contribution in [1.29, 1.82) is 0 Å². The van der Waals surface area contributed by atoms with Crippen molar-refractivity contribution in [3.05, 3.63) is 0 Å². The van der Waals surface area contributed by atoms with E-state index in [2.05, 4.69) is 27.3 Å². The number of rotatable bonds is 9. The van der Waals surface area contributed by atoms with Gasteiger partial charge in [-0.05, 0) is 36.1 Å². The third-order valence-corrected chi connectivity index (χ3v) is 5.53. The van der Waals surface area contributed by atoms with Crippen molar-refractivity contribution in [1.82, 2.24) is 25.1 Å². The molecule has 0 aliphatic heterocycles. The Kier molecular flexibility index (Phi) is 7.85. The van der Waals surface area contributed by atoms with Crippen molar-refractivity contribution >= 4 is 17.7 Å². The first-order valence-corrected chi connectivity index (χ1v) is 9.85. The Bertz CT molecular complexity index is 473. The van der Waals surface area contributed by atoms with Gasteiger partial charge in [0.15, 0.2) is 0 Å². The van der Waals surface area contributed by atoms with E-state index in [-0.39, 0.29) is 0 Å². The van der Waals surface area contributed by atoms with Crippen LogP contribution in [0.1, 0.15) is 64.7 Å². The number of nitrogens with zero attached hydrogens (tertiary/aromatic N) is 5. The van der Waals surface area contributed by atoms with Crippen molar-refractivity contribution in [3.8, 4) is 0 Å². The molecule has 0 bridgehead atoms. The minimum Gasteiger partial charge on any atom is -0.340 e. The number of carbonyl (C=O) groups is 1. The SMILES string of the molecule is CCCCN(C(=O)CCCSc1nnnn1C)C1CCCCC1. The summed E-state index contributed by atoms with van der Waals surface area (Å²) >= 11 is 1.62. The molecule has 0 aromatic carbocycles. The first-order valence-electron chi connectivity index (χ1n) is 8.87. The zero-order chi connectivity index (χ0) is 16.5. The number of hydrogen-bond donors (Lipinski definition) is 0. The number of unbranched alkanes of at least 4 members (excludes halogenated alkanes) is 1. The van der Waals surface area contributed by atoms with E-state index in [1.54, 1.807) is 16.4 Å². The third kappa shape index (κ3) is 5.79. The van der Waals surface area contributed by atoms with Gasteiger partial charge in [-0.15, -0.1) is 5.10 Å². The molecule has 23 heavy (non-hydrogen) atoms. The highest BCUT2D eigenvalue weighted by Crippen LogP contribution is 2.24. The Balaban J connectivity index is 1.76. The van der Waals surface area contributed by atoms with Crippen LogP contribution in [0, 0.1) is 0 Å². The number of aromatic nitrogens is 4. The maximum atomic E-state index is 12.6. The first kappa shape index (κ1) is 18.2. The van der Waals surface area contributed by atoms with E-state index >= 15 is 0 Å². The highest BCUT2D eigenvalue weighted by Gasteiger charge is 2.24. The van der Waals surface area contributed by atoms with Gasteiger partial charge in [0.1, 0.15) is 0 Å². The average molecular weight is 340 g/mol. The van der Waals surface area contributed by atoms with Gasteiger partial charge in [0.05, 0.1) is 0 Å². The molecule has 1 heterocycles. The van der Waals surface area contributed by atoms with Crippen LogP contribution in [0.25, 0.3) is 0 Å². The molecule has 0 radical (unpaired) electrons.